The Kier molecular flexibility index (Phi) is 10.9. The van der Waals surface area contributed by atoms with E-state index in [4.69, 9.17) is 9.97 Å². The van der Waals surface area contributed by atoms with Crippen LogP contribution in [0.15, 0.2) is 231 Å². The minimum Gasteiger partial charge on any atom is -0.309 e. The van der Waals surface area contributed by atoms with E-state index in [9.17, 15) is 21.0 Å². The van der Waals surface area contributed by atoms with E-state index in [1.54, 1.807) is 24.3 Å². The zero-order valence-electron chi connectivity index (χ0n) is 40.5. The van der Waals surface area contributed by atoms with Crippen molar-refractivity contribution in [3.63, 3.8) is 0 Å². The molecule has 0 N–H and O–H groups in total. The molecule has 3 heterocycles. The maximum atomic E-state index is 10.3. The van der Waals surface area contributed by atoms with Gasteiger partial charge in [0.15, 0.2) is 5.82 Å². The Morgan fingerprint density at radius 1 is 0.303 bits per heavy atom. The third-order valence-corrected chi connectivity index (χ3v) is 14.3. The maximum Gasteiger partial charge on any atom is 0.161 e. The molecule has 13 rings (SSSR count). The van der Waals surface area contributed by atoms with Gasteiger partial charge in [0.1, 0.15) is 0 Å². The molecule has 76 heavy (non-hydrogen) atoms. The summed E-state index contributed by atoms with van der Waals surface area (Å²) in [6.45, 7) is 0. The summed E-state index contributed by atoms with van der Waals surface area (Å²) in [4.78, 5) is 10.9. The van der Waals surface area contributed by atoms with Gasteiger partial charge in [-0.05, 0) is 101 Å². The average Bonchev–Trinajstić information content (AvgIpc) is 4.13. The van der Waals surface area contributed by atoms with Crippen molar-refractivity contribution in [1.29, 1.82) is 21.0 Å². The predicted molar refractivity (Wildman–Crippen MR) is 302 cm³/mol. The van der Waals surface area contributed by atoms with Crippen molar-refractivity contribution in [3.05, 3.63) is 253 Å². The van der Waals surface area contributed by atoms with Crippen LogP contribution >= 0.6 is 0 Å². The Morgan fingerprint density at radius 3 is 1.28 bits per heavy atom. The van der Waals surface area contributed by atoms with Crippen LogP contribution in [-0.2, 0) is 0 Å². The lowest BCUT2D eigenvalue weighted by Crippen LogP contribution is -2.04. The number of fused-ring (bicyclic) bond motifs is 6. The molecule has 350 valence electrons. The number of rotatable bonds is 8. The van der Waals surface area contributed by atoms with Gasteiger partial charge in [0.05, 0.1) is 91.4 Å². The third kappa shape index (κ3) is 7.43. The number of hydrogen-bond donors (Lipinski definition) is 0. The largest absolute Gasteiger partial charge is 0.309 e. The van der Waals surface area contributed by atoms with Crippen LogP contribution in [0.4, 0.5) is 0 Å². The molecule has 3 aromatic heterocycles. The summed E-state index contributed by atoms with van der Waals surface area (Å²) in [5.74, 6) is 0.558. The number of aromatic nitrogens is 4. The molecular formula is C68H38N8. The molecule has 13 aromatic rings. The highest BCUT2D eigenvalue weighted by Gasteiger charge is 2.25. The summed E-state index contributed by atoms with van der Waals surface area (Å²) in [7, 11) is 0. The Bertz CT molecular complexity index is 4630. The van der Waals surface area contributed by atoms with Crippen molar-refractivity contribution in [3.8, 4) is 103 Å². The predicted octanol–water partition coefficient (Wildman–Crippen LogP) is 16.2. The molecule has 0 atom stereocenters. The molecule has 0 unspecified atom stereocenters. The first-order valence-corrected chi connectivity index (χ1v) is 24.7. The summed E-state index contributed by atoms with van der Waals surface area (Å²) in [6.07, 6.45) is 0. The van der Waals surface area contributed by atoms with E-state index in [1.807, 2.05) is 48.5 Å². The fourth-order valence-corrected chi connectivity index (χ4v) is 10.9. The van der Waals surface area contributed by atoms with E-state index in [0.29, 0.717) is 28.1 Å². The second-order valence-corrected chi connectivity index (χ2v) is 18.5. The second-order valence-electron chi connectivity index (χ2n) is 18.5. The van der Waals surface area contributed by atoms with Gasteiger partial charge >= 0.3 is 0 Å². The smallest absolute Gasteiger partial charge is 0.161 e. The highest BCUT2D eigenvalue weighted by Crippen LogP contribution is 2.46. The first kappa shape index (κ1) is 44.8. The first-order valence-electron chi connectivity index (χ1n) is 24.7. The molecule has 0 aliphatic rings. The van der Waals surface area contributed by atoms with Crippen LogP contribution in [0.25, 0.3) is 122 Å². The Balaban J connectivity index is 1.11. The number of para-hydroxylation sites is 3. The fraction of sp³-hybridized carbons (Fsp3) is 0. The molecule has 8 nitrogen and oxygen atoms in total. The van der Waals surface area contributed by atoms with Gasteiger partial charge in [-0.3, -0.25) is 0 Å². The second kappa shape index (κ2) is 18.5. The Labute approximate surface area is 437 Å². The lowest BCUT2D eigenvalue weighted by atomic mass is 9.94. The highest BCUT2D eigenvalue weighted by atomic mass is 15.0. The monoisotopic (exact) mass is 966 g/mol. The fourth-order valence-electron chi connectivity index (χ4n) is 10.9. The van der Waals surface area contributed by atoms with Gasteiger partial charge in [-0.2, -0.15) is 21.0 Å². The number of nitrogens with zero attached hydrogens (tertiary/aromatic N) is 8. The number of nitriles is 4. The molecule has 0 amide bonds. The van der Waals surface area contributed by atoms with Crippen LogP contribution in [-0.4, -0.2) is 19.1 Å². The van der Waals surface area contributed by atoms with Crippen molar-refractivity contribution in [2.24, 2.45) is 0 Å². The summed E-state index contributed by atoms with van der Waals surface area (Å²) < 4.78 is 4.66. The van der Waals surface area contributed by atoms with Gasteiger partial charge in [-0.15, -0.1) is 0 Å². The molecule has 0 radical (unpaired) electrons. The maximum absolute atomic E-state index is 10.3. The molecule has 10 aromatic carbocycles. The van der Waals surface area contributed by atoms with Crippen LogP contribution in [0.1, 0.15) is 22.3 Å². The molecular weight excluding hydrogens is 929 g/mol. The van der Waals surface area contributed by atoms with E-state index in [2.05, 4.69) is 191 Å². The highest BCUT2D eigenvalue weighted by molar-refractivity contribution is 6.13. The van der Waals surface area contributed by atoms with Crippen LogP contribution < -0.4 is 0 Å². The van der Waals surface area contributed by atoms with Crippen LogP contribution in [0.5, 0.6) is 0 Å². The lowest BCUT2D eigenvalue weighted by molar-refractivity contribution is 1.15. The quantitative estimate of drug-likeness (QED) is 0.149. The van der Waals surface area contributed by atoms with Crippen molar-refractivity contribution in [1.82, 2.24) is 19.1 Å². The minimum atomic E-state index is 0.433. The molecule has 8 heteroatoms. The van der Waals surface area contributed by atoms with Crippen LogP contribution in [0.2, 0.25) is 0 Å². The Morgan fingerprint density at radius 2 is 0.750 bits per heavy atom. The summed E-state index contributed by atoms with van der Waals surface area (Å²) in [5.41, 5.74) is 16.9. The molecule has 0 saturated heterocycles. The molecule has 0 saturated carbocycles. The van der Waals surface area contributed by atoms with Crippen LogP contribution in [0.3, 0.4) is 0 Å². The van der Waals surface area contributed by atoms with Gasteiger partial charge in [0.2, 0.25) is 0 Å². The van der Waals surface area contributed by atoms with Crippen molar-refractivity contribution >= 4 is 43.6 Å². The molecule has 0 spiro atoms. The van der Waals surface area contributed by atoms with Crippen molar-refractivity contribution < 1.29 is 0 Å². The zero-order valence-corrected chi connectivity index (χ0v) is 40.5. The third-order valence-electron chi connectivity index (χ3n) is 14.3. The molecule has 0 fully saturated rings. The van der Waals surface area contributed by atoms with E-state index < -0.39 is 0 Å². The zero-order chi connectivity index (χ0) is 51.3. The molecule has 0 aliphatic carbocycles. The summed E-state index contributed by atoms with van der Waals surface area (Å²) in [6, 6.07) is 86.4. The number of hydrogen-bond acceptors (Lipinski definition) is 6. The van der Waals surface area contributed by atoms with Gasteiger partial charge in [-0.25, -0.2) is 9.97 Å². The normalized spacial score (nSPS) is 11.1. The van der Waals surface area contributed by atoms with E-state index in [1.165, 1.54) is 0 Å². The molecule has 0 bridgehead atoms. The standard InChI is InChI=1S/C68H38N8/c69-39-43-26-30-51(49(34-43)41-71)47-28-32-64-57(36-47)53-18-7-10-22-61(53)75(64)63-24-12-9-20-55(63)67-56(68-73-59(45-14-3-1-4-15-45)38-60(74-68)46-16-5-2-6-17-46)21-13-25-66(67)76-62-23-11-8-19-54(62)58-37-48(29-33-65(58)76)52-31-27-44(40-70)35-50(52)42-72/h1-38H. The van der Waals surface area contributed by atoms with E-state index >= 15 is 0 Å². The van der Waals surface area contributed by atoms with E-state index in [0.717, 1.165) is 116 Å². The minimum absolute atomic E-state index is 0.433. The first-order chi connectivity index (χ1) is 37.5. The summed E-state index contributed by atoms with van der Waals surface area (Å²) in [5, 5.41) is 43.9. The lowest BCUT2D eigenvalue weighted by Gasteiger charge is -2.21. The number of benzene rings is 10. The topological polar surface area (TPSA) is 131 Å². The van der Waals surface area contributed by atoms with Crippen LogP contribution in [0, 0.1) is 45.3 Å². The van der Waals surface area contributed by atoms with Crippen molar-refractivity contribution in [2.45, 2.75) is 0 Å². The average molecular weight is 967 g/mol. The Hall–Kier alpha value is -11.2. The van der Waals surface area contributed by atoms with Gasteiger partial charge in [-0.1, -0.05) is 152 Å². The molecule has 0 aliphatic heterocycles. The van der Waals surface area contributed by atoms with Gasteiger partial charge < -0.3 is 9.13 Å². The van der Waals surface area contributed by atoms with Gasteiger partial charge in [0.25, 0.3) is 0 Å². The summed E-state index contributed by atoms with van der Waals surface area (Å²) >= 11 is 0. The van der Waals surface area contributed by atoms with E-state index in [-0.39, 0.29) is 0 Å². The van der Waals surface area contributed by atoms with Gasteiger partial charge in [0, 0.05) is 49.4 Å². The SMILES string of the molecule is N#Cc1ccc(-c2ccc3c(c2)c2ccccc2n3-c2ccccc2-c2c(-c3nc(-c4ccccc4)cc(-c4ccccc4)n3)cccc2-n2c3ccccc3c3cc(-c4ccc(C#N)cc4C#N)ccc32)c(C#N)c1. The van der Waals surface area contributed by atoms with Crippen molar-refractivity contribution in [2.75, 3.05) is 0 Å².